The number of hydrogen-bond acceptors (Lipinski definition) is 4. The minimum Gasteiger partial charge on any atom is -0.463 e. The summed E-state index contributed by atoms with van der Waals surface area (Å²) in [6.45, 7) is 9.59. The average molecular weight is 515 g/mol. The van der Waals surface area contributed by atoms with Gasteiger partial charge in [-0.05, 0) is 38.5 Å². The molecule has 0 saturated heterocycles. The Morgan fingerprint density at radius 3 is 1.24 bits per heavy atom. The van der Waals surface area contributed by atoms with E-state index >= 15 is 0 Å². The molecule has 0 atom stereocenters. The molecule has 0 rings (SSSR count). The van der Waals surface area contributed by atoms with Crippen molar-refractivity contribution in [2.24, 2.45) is 0 Å². The van der Waals surface area contributed by atoms with Crippen LogP contribution in [0.4, 0.5) is 0 Å². The summed E-state index contributed by atoms with van der Waals surface area (Å²) in [7, 11) is 0. The Morgan fingerprint density at radius 1 is 0.586 bits per heavy atom. The molecule has 0 aromatic heterocycles. The number of esters is 2. The van der Waals surface area contributed by atoms with Gasteiger partial charge in [0.2, 0.25) is 0 Å². The zero-order valence-corrected chi connectivity index (χ0v) is 22.2. The van der Waals surface area contributed by atoms with Gasteiger partial charge in [0, 0.05) is 36.1 Å². The van der Waals surface area contributed by atoms with Gasteiger partial charge < -0.3 is 9.47 Å². The van der Waals surface area contributed by atoms with Crippen molar-refractivity contribution in [3.63, 3.8) is 0 Å². The SMILES string of the molecule is CCCCCC=CC(=O)OCCCC.CCCCCC=CC(=O)OCCCC.[Sn]. The smallest absolute Gasteiger partial charge is 0.330 e. The van der Waals surface area contributed by atoms with Gasteiger partial charge in [0.15, 0.2) is 0 Å². The first-order valence-corrected chi connectivity index (χ1v) is 11.3. The summed E-state index contributed by atoms with van der Waals surface area (Å²) in [4.78, 5) is 22.1. The maximum atomic E-state index is 11.0. The van der Waals surface area contributed by atoms with E-state index in [1.165, 1.54) is 25.7 Å². The molecule has 0 aromatic carbocycles. The fourth-order valence-corrected chi connectivity index (χ4v) is 2.11. The summed E-state index contributed by atoms with van der Waals surface area (Å²) in [6, 6.07) is 0. The van der Waals surface area contributed by atoms with Crippen LogP contribution in [0.25, 0.3) is 0 Å². The third-order valence-electron chi connectivity index (χ3n) is 3.94. The molecule has 168 valence electrons. The molecule has 29 heavy (non-hydrogen) atoms. The molecule has 4 radical (unpaired) electrons. The average Bonchev–Trinajstić information content (AvgIpc) is 2.68. The molecule has 0 aliphatic rings. The van der Waals surface area contributed by atoms with E-state index < -0.39 is 0 Å². The van der Waals surface area contributed by atoms with Gasteiger partial charge in [-0.2, -0.15) is 0 Å². The van der Waals surface area contributed by atoms with Crippen LogP contribution >= 0.6 is 0 Å². The van der Waals surface area contributed by atoms with Crippen LogP contribution in [0, 0.1) is 0 Å². The molecule has 0 fully saturated rings. The molecular formula is C24H44O4Sn. The summed E-state index contributed by atoms with van der Waals surface area (Å²) in [6.07, 6.45) is 20.1. The third kappa shape index (κ3) is 32.1. The van der Waals surface area contributed by atoms with Crippen LogP contribution in [0.1, 0.15) is 105 Å². The van der Waals surface area contributed by atoms with Gasteiger partial charge in [-0.3, -0.25) is 0 Å². The predicted octanol–water partition coefficient (Wildman–Crippen LogP) is 6.55. The molecule has 0 aliphatic carbocycles. The van der Waals surface area contributed by atoms with E-state index in [1.54, 1.807) is 12.2 Å². The van der Waals surface area contributed by atoms with Crippen molar-refractivity contribution in [2.45, 2.75) is 105 Å². The first kappa shape index (κ1) is 32.9. The Bertz CT molecular complexity index is 368. The van der Waals surface area contributed by atoms with E-state index in [4.69, 9.17) is 9.47 Å². The summed E-state index contributed by atoms with van der Waals surface area (Å²) >= 11 is 0. The number of carbonyl (C=O) groups excluding carboxylic acids is 2. The van der Waals surface area contributed by atoms with Crippen LogP contribution < -0.4 is 0 Å². The summed E-state index contributed by atoms with van der Waals surface area (Å²) in [5.41, 5.74) is 0. The maximum absolute atomic E-state index is 11.0. The minimum atomic E-state index is -0.199. The molecule has 0 saturated carbocycles. The number of carbonyl (C=O) groups is 2. The van der Waals surface area contributed by atoms with Crippen LogP contribution in [0.2, 0.25) is 0 Å². The zero-order valence-electron chi connectivity index (χ0n) is 19.3. The second-order valence-corrected chi connectivity index (χ2v) is 6.84. The van der Waals surface area contributed by atoms with Crippen molar-refractivity contribution in [1.82, 2.24) is 0 Å². The zero-order chi connectivity index (χ0) is 21.3. The van der Waals surface area contributed by atoms with Gasteiger partial charge in [-0.1, -0.05) is 78.4 Å². The molecule has 0 amide bonds. The molecular weight excluding hydrogens is 471 g/mol. The fourth-order valence-electron chi connectivity index (χ4n) is 2.11. The van der Waals surface area contributed by atoms with Gasteiger partial charge in [0.1, 0.15) is 0 Å². The van der Waals surface area contributed by atoms with Crippen LogP contribution in [0.3, 0.4) is 0 Å². The summed E-state index contributed by atoms with van der Waals surface area (Å²) in [5.74, 6) is -0.398. The fraction of sp³-hybridized carbons (Fsp3) is 0.750. The van der Waals surface area contributed by atoms with E-state index in [9.17, 15) is 9.59 Å². The van der Waals surface area contributed by atoms with Crippen molar-refractivity contribution in [3.8, 4) is 0 Å². The Labute approximate surface area is 196 Å². The normalized spacial score (nSPS) is 10.3. The first-order chi connectivity index (χ1) is 13.6. The Balaban J connectivity index is -0.000000451. The second-order valence-electron chi connectivity index (χ2n) is 6.84. The number of unbranched alkanes of at least 4 members (excludes halogenated alkanes) is 8. The Kier molecular flexibility index (Phi) is 33.3. The van der Waals surface area contributed by atoms with Crippen molar-refractivity contribution < 1.29 is 19.1 Å². The van der Waals surface area contributed by atoms with Crippen molar-refractivity contribution in [1.29, 1.82) is 0 Å². The van der Waals surface area contributed by atoms with Crippen molar-refractivity contribution in [3.05, 3.63) is 24.3 Å². The molecule has 0 spiro atoms. The quantitative estimate of drug-likeness (QED) is 0.101. The third-order valence-corrected chi connectivity index (χ3v) is 3.94. The van der Waals surface area contributed by atoms with Crippen molar-refractivity contribution in [2.75, 3.05) is 13.2 Å². The monoisotopic (exact) mass is 516 g/mol. The molecule has 0 aromatic rings. The second kappa shape index (κ2) is 29.4. The standard InChI is InChI=1S/2C12H22O2.Sn/c2*1-3-5-7-8-9-10-12(13)14-11-6-4-2;/h2*9-10H,3-8,11H2,1-2H3;. The van der Waals surface area contributed by atoms with E-state index in [2.05, 4.69) is 27.7 Å². The van der Waals surface area contributed by atoms with E-state index in [0.717, 1.165) is 51.4 Å². The van der Waals surface area contributed by atoms with E-state index in [-0.39, 0.29) is 35.8 Å². The van der Waals surface area contributed by atoms with Gasteiger partial charge in [0.05, 0.1) is 13.2 Å². The maximum Gasteiger partial charge on any atom is 0.330 e. The van der Waals surface area contributed by atoms with Gasteiger partial charge in [0.25, 0.3) is 0 Å². The van der Waals surface area contributed by atoms with Crippen LogP contribution in [-0.2, 0) is 19.1 Å². The van der Waals surface area contributed by atoms with Crippen molar-refractivity contribution >= 4 is 35.8 Å². The molecule has 5 heteroatoms. The van der Waals surface area contributed by atoms with Gasteiger partial charge in [-0.25, -0.2) is 9.59 Å². The summed E-state index contributed by atoms with van der Waals surface area (Å²) in [5, 5.41) is 0. The Hall–Kier alpha value is -0.781. The number of hydrogen-bond donors (Lipinski definition) is 0. The van der Waals surface area contributed by atoms with Crippen LogP contribution in [-0.4, -0.2) is 49.1 Å². The number of ether oxygens (including phenoxy) is 2. The number of rotatable bonds is 16. The van der Waals surface area contributed by atoms with E-state index in [0.29, 0.717) is 13.2 Å². The molecule has 0 unspecified atom stereocenters. The topological polar surface area (TPSA) is 52.6 Å². The molecule has 0 N–H and O–H groups in total. The van der Waals surface area contributed by atoms with Gasteiger partial charge in [-0.15, -0.1) is 0 Å². The largest absolute Gasteiger partial charge is 0.463 e. The van der Waals surface area contributed by atoms with Gasteiger partial charge >= 0.3 is 11.9 Å². The van der Waals surface area contributed by atoms with Crippen LogP contribution in [0.5, 0.6) is 0 Å². The summed E-state index contributed by atoms with van der Waals surface area (Å²) < 4.78 is 9.93. The molecule has 0 heterocycles. The molecule has 0 bridgehead atoms. The molecule has 0 aliphatic heterocycles. The number of allylic oxidation sites excluding steroid dienone is 2. The van der Waals surface area contributed by atoms with Crippen LogP contribution in [0.15, 0.2) is 24.3 Å². The molecule has 4 nitrogen and oxygen atoms in total. The predicted molar refractivity (Wildman–Crippen MR) is 124 cm³/mol. The van der Waals surface area contributed by atoms with E-state index in [1.807, 2.05) is 12.2 Å². The first-order valence-electron chi connectivity index (χ1n) is 11.3. The Morgan fingerprint density at radius 2 is 0.931 bits per heavy atom. The minimum absolute atomic E-state index is 0.